The number of carbonyl (C=O) groups excluding carboxylic acids is 1. The molecule has 2 unspecified atom stereocenters. The number of halogens is 1. The molecule has 0 spiro atoms. The summed E-state index contributed by atoms with van der Waals surface area (Å²) in [6, 6.07) is 1.78. The van der Waals surface area contributed by atoms with Crippen LogP contribution in [0.4, 0.5) is 0 Å². The van der Waals surface area contributed by atoms with Crippen molar-refractivity contribution in [2.24, 2.45) is 4.99 Å². The number of hydrogen-bond acceptors (Lipinski definition) is 4. The number of hydrogen-bond donors (Lipinski definition) is 2. The molecule has 0 aromatic carbocycles. The highest BCUT2D eigenvalue weighted by molar-refractivity contribution is 14.0. The van der Waals surface area contributed by atoms with Crippen LogP contribution in [0.2, 0.25) is 0 Å². The summed E-state index contributed by atoms with van der Waals surface area (Å²) in [4.78, 5) is 20.3. The van der Waals surface area contributed by atoms with E-state index >= 15 is 0 Å². The van der Waals surface area contributed by atoms with Crippen LogP contribution in [0.5, 0.6) is 0 Å². The Balaban J connectivity index is 0.00000288. The number of nitrogens with zero attached hydrogens (tertiary/aromatic N) is 3. The van der Waals surface area contributed by atoms with Crippen LogP contribution in [0.1, 0.15) is 26.2 Å². The van der Waals surface area contributed by atoms with Gasteiger partial charge in [0.2, 0.25) is 5.91 Å². The molecule has 2 rings (SSSR count). The topological polar surface area (TPSA) is 69.2 Å². The molecule has 24 heavy (non-hydrogen) atoms. The number of rotatable bonds is 7. The van der Waals surface area contributed by atoms with Gasteiger partial charge in [-0.3, -0.25) is 9.69 Å². The maximum absolute atomic E-state index is 11.7. The van der Waals surface area contributed by atoms with Crippen LogP contribution in [-0.4, -0.2) is 87.2 Å². The average Bonchev–Trinajstić information content (AvgIpc) is 3.28. The maximum atomic E-state index is 11.7. The summed E-state index contributed by atoms with van der Waals surface area (Å²) in [7, 11) is 5.17. The molecule has 0 aromatic heterocycles. The second-order valence-electron chi connectivity index (χ2n) is 6.73. The van der Waals surface area contributed by atoms with Gasteiger partial charge in [-0.25, -0.2) is 4.99 Å². The number of guanidine groups is 1. The first kappa shape index (κ1) is 21.4. The molecule has 1 saturated heterocycles. The van der Waals surface area contributed by atoms with Gasteiger partial charge in [0.25, 0.3) is 0 Å². The number of likely N-dealkylation sites (N-methyl/N-ethyl adjacent to an activating group) is 1. The van der Waals surface area contributed by atoms with Crippen molar-refractivity contribution in [3.05, 3.63) is 0 Å². The molecule has 2 N–H and O–H groups in total. The predicted molar refractivity (Wildman–Crippen MR) is 107 cm³/mol. The highest BCUT2D eigenvalue weighted by Crippen LogP contribution is 2.33. The molecule has 1 heterocycles. The largest absolute Gasteiger partial charge is 0.383 e. The van der Waals surface area contributed by atoms with E-state index in [2.05, 4.69) is 27.4 Å². The Hall–Kier alpha value is -0.610. The summed E-state index contributed by atoms with van der Waals surface area (Å²) in [6.45, 7) is 4.79. The van der Waals surface area contributed by atoms with Crippen molar-refractivity contribution < 1.29 is 9.53 Å². The van der Waals surface area contributed by atoms with Crippen molar-refractivity contribution in [2.45, 2.75) is 44.3 Å². The first-order chi connectivity index (χ1) is 11.0. The van der Waals surface area contributed by atoms with E-state index in [0.29, 0.717) is 31.2 Å². The van der Waals surface area contributed by atoms with Crippen molar-refractivity contribution in [1.29, 1.82) is 0 Å². The zero-order valence-corrected chi connectivity index (χ0v) is 17.6. The van der Waals surface area contributed by atoms with Crippen LogP contribution in [0.15, 0.2) is 4.99 Å². The minimum atomic E-state index is -0.00256. The Morgan fingerprint density at radius 2 is 2.08 bits per heavy atom. The van der Waals surface area contributed by atoms with Crippen molar-refractivity contribution >= 4 is 35.8 Å². The molecule has 0 radical (unpaired) electrons. The number of amides is 1. The molecule has 7 nitrogen and oxygen atoms in total. The smallest absolute Gasteiger partial charge is 0.243 e. The van der Waals surface area contributed by atoms with Gasteiger partial charge in [0.15, 0.2) is 5.96 Å². The van der Waals surface area contributed by atoms with Gasteiger partial charge in [0, 0.05) is 52.4 Å². The van der Waals surface area contributed by atoms with E-state index < -0.39 is 0 Å². The van der Waals surface area contributed by atoms with Crippen LogP contribution in [-0.2, 0) is 9.53 Å². The van der Waals surface area contributed by atoms with E-state index in [1.807, 2.05) is 0 Å². The normalized spacial score (nSPS) is 24.4. The van der Waals surface area contributed by atoms with Crippen molar-refractivity contribution in [3.63, 3.8) is 0 Å². The Kier molecular flexibility index (Phi) is 9.28. The predicted octanol–water partition coefficient (Wildman–Crippen LogP) is 0.499. The van der Waals surface area contributed by atoms with E-state index in [1.165, 1.54) is 12.8 Å². The van der Waals surface area contributed by atoms with Gasteiger partial charge in [0.05, 0.1) is 6.61 Å². The fourth-order valence-corrected chi connectivity index (χ4v) is 2.98. The maximum Gasteiger partial charge on any atom is 0.243 e. The van der Waals surface area contributed by atoms with Crippen LogP contribution in [0.3, 0.4) is 0 Å². The van der Waals surface area contributed by atoms with Crippen LogP contribution in [0, 0.1) is 0 Å². The number of nitrogens with one attached hydrogen (secondary N) is 2. The molecule has 1 aliphatic carbocycles. The lowest BCUT2D eigenvalue weighted by atomic mass is 10.2. The third-order valence-corrected chi connectivity index (χ3v) is 4.45. The fraction of sp³-hybridized carbons (Fsp3) is 0.875. The molecule has 2 atom stereocenters. The molecular weight excluding hydrogens is 421 g/mol. The van der Waals surface area contributed by atoms with Gasteiger partial charge in [-0.05, 0) is 26.2 Å². The van der Waals surface area contributed by atoms with E-state index in [1.54, 1.807) is 26.1 Å². The van der Waals surface area contributed by atoms with Crippen LogP contribution >= 0.6 is 24.0 Å². The molecule has 0 bridgehead atoms. The van der Waals surface area contributed by atoms with Crippen LogP contribution < -0.4 is 10.6 Å². The Morgan fingerprint density at radius 1 is 1.38 bits per heavy atom. The lowest BCUT2D eigenvalue weighted by Gasteiger charge is -2.20. The average molecular weight is 453 g/mol. The van der Waals surface area contributed by atoms with Gasteiger partial charge in [-0.2, -0.15) is 0 Å². The SMILES string of the molecule is COCCNC(=NCC(=O)N(C)C)NC1CC(C)N(C2CC2)C1.I. The Morgan fingerprint density at radius 3 is 2.67 bits per heavy atom. The summed E-state index contributed by atoms with van der Waals surface area (Å²) in [5.74, 6) is 0.698. The van der Waals surface area contributed by atoms with Gasteiger partial charge >= 0.3 is 0 Å². The minimum Gasteiger partial charge on any atom is -0.383 e. The number of aliphatic imine (C=N–C) groups is 1. The number of likely N-dealkylation sites (tertiary alicyclic amines) is 1. The second-order valence-corrected chi connectivity index (χ2v) is 6.73. The summed E-state index contributed by atoms with van der Waals surface area (Å²) < 4.78 is 5.07. The van der Waals surface area contributed by atoms with Crippen molar-refractivity contribution in [2.75, 3.05) is 47.4 Å². The Labute approximate surface area is 162 Å². The summed E-state index contributed by atoms with van der Waals surface area (Å²) in [5.41, 5.74) is 0. The number of methoxy groups -OCH3 is 1. The highest BCUT2D eigenvalue weighted by atomic mass is 127. The van der Waals surface area contributed by atoms with E-state index in [-0.39, 0.29) is 36.4 Å². The molecule has 1 amide bonds. The zero-order valence-electron chi connectivity index (χ0n) is 15.2. The number of ether oxygens (including phenoxy) is 1. The molecule has 1 saturated carbocycles. The fourth-order valence-electron chi connectivity index (χ4n) is 2.98. The van der Waals surface area contributed by atoms with E-state index in [0.717, 1.165) is 19.0 Å². The number of carbonyl (C=O) groups is 1. The molecule has 1 aliphatic heterocycles. The lowest BCUT2D eigenvalue weighted by molar-refractivity contribution is -0.127. The van der Waals surface area contributed by atoms with Gasteiger partial charge < -0.3 is 20.3 Å². The summed E-state index contributed by atoms with van der Waals surface area (Å²) in [5, 5.41) is 6.72. The summed E-state index contributed by atoms with van der Waals surface area (Å²) in [6.07, 6.45) is 3.78. The van der Waals surface area contributed by atoms with Gasteiger partial charge in [0.1, 0.15) is 6.54 Å². The molecule has 8 heteroatoms. The molecule has 2 aliphatic rings. The molecule has 2 fully saturated rings. The quantitative estimate of drug-likeness (QED) is 0.254. The standard InChI is InChI=1S/C16H31N5O2.HI/c1-12-9-13(11-21(12)14-5-6-14)19-16(17-7-8-23-4)18-10-15(22)20(2)3;/h12-14H,5-11H2,1-4H3,(H2,17,18,19);1H. The van der Waals surface area contributed by atoms with Crippen molar-refractivity contribution in [1.82, 2.24) is 20.4 Å². The summed E-state index contributed by atoms with van der Waals surface area (Å²) >= 11 is 0. The molecule has 0 aromatic rings. The highest BCUT2D eigenvalue weighted by Gasteiger charge is 2.38. The van der Waals surface area contributed by atoms with Gasteiger partial charge in [-0.15, -0.1) is 24.0 Å². The lowest BCUT2D eigenvalue weighted by Crippen LogP contribution is -2.46. The molecule has 140 valence electrons. The first-order valence-corrected chi connectivity index (χ1v) is 8.51. The van der Waals surface area contributed by atoms with Crippen molar-refractivity contribution in [3.8, 4) is 0 Å². The van der Waals surface area contributed by atoms with E-state index in [9.17, 15) is 4.79 Å². The third kappa shape index (κ3) is 6.72. The second kappa shape index (κ2) is 10.4. The minimum absolute atomic E-state index is 0. The third-order valence-electron chi connectivity index (χ3n) is 4.45. The van der Waals surface area contributed by atoms with Gasteiger partial charge in [-0.1, -0.05) is 0 Å². The first-order valence-electron chi connectivity index (χ1n) is 8.51. The zero-order chi connectivity index (χ0) is 16.8. The molecular formula is C16H32IN5O2. The monoisotopic (exact) mass is 453 g/mol. The van der Waals surface area contributed by atoms with Crippen LogP contribution in [0.25, 0.3) is 0 Å². The Bertz CT molecular complexity index is 429. The van der Waals surface area contributed by atoms with E-state index in [4.69, 9.17) is 4.74 Å².